The number of hydrogen-bond donors (Lipinski definition) is 0. The largest absolute Gasteiger partial charge is 0.494 e. The van der Waals surface area contributed by atoms with Crippen LogP contribution in [0.2, 0.25) is 0 Å². The highest BCUT2D eigenvalue weighted by molar-refractivity contribution is 6.62. The molecule has 0 atom stereocenters. The summed E-state index contributed by atoms with van der Waals surface area (Å²) in [5.74, 6) is 2.51. The molecule has 2 aliphatic heterocycles. The van der Waals surface area contributed by atoms with Crippen LogP contribution in [0.25, 0.3) is 22.3 Å². The van der Waals surface area contributed by atoms with Crippen LogP contribution in [0.15, 0.2) is 54.6 Å². The van der Waals surface area contributed by atoms with Gasteiger partial charge in [-0.2, -0.15) is 0 Å². The van der Waals surface area contributed by atoms with Crippen molar-refractivity contribution in [3.8, 4) is 39.5 Å². The van der Waals surface area contributed by atoms with E-state index in [0.717, 1.165) is 69.7 Å². The minimum Gasteiger partial charge on any atom is -0.494 e. The molecular weight excluding hydrogens is 926 g/mol. The molecule has 0 N–H and O–H groups in total. The van der Waals surface area contributed by atoms with Crippen molar-refractivity contribution < 1.29 is 32.8 Å². The second-order valence-electron chi connectivity index (χ2n) is 24.6. The molecule has 5 rings (SSSR count). The molecule has 0 aliphatic carbocycles. The first-order chi connectivity index (χ1) is 36.1. The Bertz CT molecular complexity index is 1890. The van der Waals surface area contributed by atoms with Crippen molar-refractivity contribution in [3.05, 3.63) is 54.6 Å². The van der Waals surface area contributed by atoms with E-state index in [1.807, 2.05) is 0 Å². The molecule has 2 heterocycles. The zero-order chi connectivity index (χ0) is 54.0. The molecule has 0 aromatic heterocycles. The van der Waals surface area contributed by atoms with Gasteiger partial charge in [-0.05, 0) is 150 Å². The second-order valence-corrected chi connectivity index (χ2v) is 24.6. The van der Waals surface area contributed by atoms with Crippen molar-refractivity contribution in [3.63, 3.8) is 0 Å². The lowest BCUT2D eigenvalue weighted by atomic mass is 9.77. The fourth-order valence-electron chi connectivity index (χ4n) is 10.3. The molecule has 9 heteroatoms. The SMILES string of the molecule is CCCCCCCCCCCCOc1cc(B2OC(C)(C)C(C)(C)O2)cc(-c2cc(OCCCCCCCCCCCC)cc(-c3cc(OCCCCCCCCCCCC)cc(B4OC(C)(C)C(C)(C)O4)c3)c2)c1. The van der Waals surface area contributed by atoms with Gasteiger partial charge < -0.3 is 32.8 Å². The molecule has 3 aromatic rings. The molecule has 0 amide bonds. The van der Waals surface area contributed by atoms with Crippen molar-refractivity contribution >= 4 is 25.2 Å². The van der Waals surface area contributed by atoms with E-state index in [1.165, 1.54) is 173 Å². The summed E-state index contributed by atoms with van der Waals surface area (Å²) in [4.78, 5) is 0. The molecule has 2 aliphatic rings. The lowest BCUT2D eigenvalue weighted by Gasteiger charge is -2.32. The van der Waals surface area contributed by atoms with Crippen molar-refractivity contribution in [2.24, 2.45) is 0 Å². The molecule has 420 valence electrons. The van der Waals surface area contributed by atoms with Gasteiger partial charge in [0.1, 0.15) is 17.2 Å². The molecule has 7 nitrogen and oxygen atoms in total. The number of rotatable bonds is 40. The topological polar surface area (TPSA) is 64.6 Å². The van der Waals surface area contributed by atoms with E-state index >= 15 is 0 Å². The average molecular weight is 1040 g/mol. The van der Waals surface area contributed by atoms with E-state index in [-0.39, 0.29) is 0 Å². The van der Waals surface area contributed by atoms with Crippen LogP contribution in [0.5, 0.6) is 17.2 Å². The molecule has 3 aromatic carbocycles. The Morgan fingerprint density at radius 2 is 0.493 bits per heavy atom. The standard InChI is InChI=1S/C66H108B2O7/c1-12-15-18-21-24-27-30-33-36-39-42-69-60-48-54(56-46-58(67-72-63(4,5)64(6,7)73-67)52-61(50-56)70-43-40-37-34-31-28-25-22-19-16-13-2)45-55(49-60)57-47-59(68-74-65(8,9)66(10,11)75-68)53-62(51-57)71-44-41-38-35-32-29-26-23-20-17-14-3/h45-53H,12-44H2,1-11H3. The van der Waals surface area contributed by atoms with Crippen LogP contribution in [-0.4, -0.2) is 56.5 Å². The van der Waals surface area contributed by atoms with Crippen LogP contribution in [-0.2, 0) is 18.6 Å². The predicted molar refractivity (Wildman–Crippen MR) is 321 cm³/mol. The minimum atomic E-state index is -0.531. The first kappa shape index (κ1) is 62.9. The van der Waals surface area contributed by atoms with Gasteiger partial charge in [-0.3, -0.25) is 0 Å². The molecule has 0 radical (unpaired) electrons. The maximum absolute atomic E-state index is 6.76. The zero-order valence-electron chi connectivity index (χ0n) is 50.0. The number of ether oxygens (including phenoxy) is 3. The van der Waals surface area contributed by atoms with Crippen molar-refractivity contribution in [2.75, 3.05) is 19.8 Å². The molecule has 0 saturated carbocycles. The van der Waals surface area contributed by atoms with E-state index in [2.05, 4.69) is 131 Å². The van der Waals surface area contributed by atoms with E-state index in [4.69, 9.17) is 32.8 Å². The van der Waals surface area contributed by atoms with Crippen molar-refractivity contribution in [1.29, 1.82) is 0 Å². The van der Waals surface area contributed by atoms with Crippen molar-refractivity contribution in [2.45, 2.75) is 291 Å². The van der Waals surface area contributed by atoms with E-state index < -0.39 is 36.6 Å². The van der Waals surface area contributed by atoms with Gasteiger partial charge in [-0.1, -0.05) is 206 Å². The third-order valence-electron chi connectivity index (χ3n) is 16.8. The van der Waals surface area contributed by atoms with E-state index in [1.54, 1.807) is 0 Å². The zero-order valence-corrected chi connectivity index (χ0v) is 50.0. The van der Waals surface area contributed by atoms with Crippen LogP contribution < -0.4 is 25.1 Å². The molecule has 2 fully saturated rings. The molecular formula is C66H108B2O7. The minimum absolute atomic E-state index is 0.476. The van der Waals surface area contributed by atoms with Crippen LogP contribution in [0.3, 0.4) is 0 Å². The highest BCUT2D eigenvalue weighted by atomic mass is 16.7. The highest BCUT2D eigenvalue weighted by Crippen LogP contribution is 2.40. The first-order valence-electron chi connectivity index (χ1n) is 31.1. The summed E-state index contributed by atoms with van der Waals surface area (Å²) in [5, 5.41) is 0. The number of benzene rings is 3. The van der Waals surface area contributed by atoms with Gasteiger partial charge in [0.05, 0.1) is 42.2 Å². The summed E-state index contributed by atoms with van der Waals surface area (Å²) in [6.07, 6.45) is 38.6. The maximum Gasteiger partial charge on any atom is 0.494 e. The fraction of sp³-hybridized carbons (Fsp3) is 0.727. The van der Waals surface area contributed by atoms with E-state index in [0.29, 0.717) is 19.8 Å². The van der Waals surface area contributed by atoms with Crippen LogP contribution in [0.4, 0.5) is 0 Å². The van der Waals surface area contributed by atoms with Gasteiger partial charge >= 0.3 is 14.2 Å². The normalized spacial score (nSPS) is 16.5. The molecule has 75 heavy (non-hydrogen) atoms. The quantitative estimate of drug-likeness (QED) is 0.0415. The highest BCUT2D eigenvalue weighted by Gasteiger charge is 2.53. The Balaban J connectivity index is 1.42. The van der Waals surface area contributed by atoms with Gasteiger partial charge in [0.2, 0.25) is 0 Å². The lowest BCUT2D eigenvalue weighted by Crippen LogP contribution is -2.41. The summed E-state index contributed by atoms with van der Waals surface area (Å²) in [6.45, 7) is 25.8. The summed E-state index contributed by atoms with van der Waals surface area (Å²) < 4.78 is 46.8. The Kier molecular flexibility index (Phi) is 27.5. The van der Waals surface area contributed by atoms with Gasteiger partial charge in [-0.15, -0.1) is 0 Å². The molecule has 0 unspecified atom stereocenters. The monoisotopic (exact) mass is 1030 g/mol. The number of unbranched alkanes of at least 4 members (excludes halogenated alkanes) is 27. The average Bonchev–Trinajstić information content (AvgIpc) is 3.75. The summed E-state index contributed by atoms with van der Waals surface area (Å²) >= 11 is 0. The summed E-state index contributed by atoms with van der Waals surface area (Å²) in [5.41, 5.74) is 4.15. The van der Waals surface area contributed by atoms with Crippen LogP contribution in [0.1, 0.15) is 269 Å². The smallest absolute Gasteiger partial charge is 0.494 e. The third-order valence-corrected chi connectivity index (χ3v) is 16.8. The molecule has 0 spiro atoms. The van der Waals surface area contributed by atoms with Crippen LogP contribution >= 0.6 is 0 Å². The van der Waals surface area contributed by atoms with Gasteiger partial charge in [0.15, 0.2) is 0 Å². The lowest BCUT2D eigenvalue weighted by molar-refractivity contribution is 0.00578. The Labute approximate surface area is 461 Å². The summed E-state index contributed by atoms with van der Waals surface area (Å²) in [7, 11) is -1.06. The summed E-state index contributed by atoms with van der Waals surface area (Å²) in [6, 6.07) is 19.8. The van der Waals surface area contributed by atoms with E-state index in [9.17, 15) is 0 Å². The Morgan fingerprint density at radius 3 is 0.747 bits per heavy atom. The van der Waals surface area contributed by atoms with Gasteiger partial charge in [-0.25, -0.2) is 0 Å². The van der Waals surface area contributed by atoms with Crippen LogP contribution in [0, 0.1) is 0 Å². The maximum atomic E-state index is 6.76. The molecule has 2 saturated heterocycles. The second kappa shape index (κ2) is 32.8. The van der Waals surface area contributed by atoms with Crippen molar-refractivity contribution in [1.82, 2.24) is 0 Å². The Morgan fingerprint density at radius 1 is 0.280 bits per heavy atom. The number of hydrogen-bond acceptors (Lipinski definition) is 7. The third kappa shape index (κ3) is 21.3. The van der Waals surface area contributed by atoms with Gasteiger partial charge in [0.25, 0.3) is 0 Å². The first-order valence-corrected chi connectivity index (χ1v) is 31.1. The Hall–Kier alpha value is -2.97. The van der Waals surface area contributed by atoms with Gasteiger partial charge in [0, 0.05) is 0 Å². The predicted octanol–water partition coefficient (Wildman–Crippen LogP) is 18.5. The fourth-order valence-corrected chi connectivity index (χ4v) is 10.3. The molecule has 0 bridgehead atoms.